The molecule has 1 atom stereocenters. The van der Waals surface area contributed by atoms with E-state index in [0.29, 0.717) is 32.2 Å². The smallest absolute Gasteiger partial charge is 0.317 e. The number of urea groups is 1. The predicted octanol–water partition coefficient (Wildman–Crippen LogP) is 3.26. The Kier molecular flexibility index (Phi) is 4.23. The maximum atomic E-state index is 12.5. The normalized spacial score (nSPS) is 21.6. The molecule has 1 unspecified atom stereocenters. The summed E-state index contributed by atoms with van der Waals surface area (Å²) in [4.78, 5) is 14.5. The number of hydrogen-bond donors (Lipinski definition) is 1. The maximum absolute atomic E-state index is 12.5. The summed E-state index contributed by atoms with van der Waals surface area (Å²) in [5.41, 5.74) is 1.33. The minimum absolute atomic E-state index is 0.0738. The van der Waals surface area contributed by atoms with Crippen molar-refractivity contribution in [2.24, 2.45) is 5.92 Å². The second kappa shape index (κ2) is 6.49. The van der Waals surface area contributed by atoms with Gasteiger partial charge in [0, 0.05) is 17.8 Å². The number of carbonyl (C=O) groups is 1. The lowest BCUT2D eigenvalue weighted by Gasteiger charge is -2.35. The van der Waals surface area contributed by atoms with Gasteiger partial charge in [-0.05, 0) is 47.6 Å². The minimum atomic E-state index is 0.0738. The Hall–Kier alpha value is -1.59. The average molecular weight is 330 g/mol. The zero-order chi connectivity index (χ0) is 15.6. The van der Waals surface area contributed by atoms with Crippen LogP contribution >= 0.6 is 11.3 Å². The van der Waals surface area contributed by atoms with Crippen molar-refractivity contribution >= 4 is 27.5 Å². The van der Waals surface area contributed by atoms with E-state index in [0.717, 1.165) is 6.42 Å². The molecule has 1 saturated heterocycles. The van der Waals surface area contributed by atoms with E-state index in [1.54, 1.807) is 11.3 Å². The van der Waals surface area contributed by atoms with Crippen LogP contribution in [0.3, 0.4) is 0 Å². The van der Waals surface area contributed by atoms with Gasteiger partial charge in [-0.3, -0.25) is 0 Å². The van der Waals surface area contributed by atoms with Crippen LogP contribution in [0.25, 0.3) is 10.1 Å². The molecule has 1 N–H and O–H groups in total. The molecule has 0 bridgehead atoms. The van der Waals surface area contributed by atoms with Crippen molar-refractivity contribution in [1.29, 1.82) is 0 Å². The third-order valence-electron chi connectivity index (χ3n) is 4.82. The summed E-state index contributed by atoms with van der Waals surface area (Å²) in [6.07, 6.45) is 3.35. The molecule has 122 valence electrons. The first-order valence-electron chi connectivity index (χ1n) is 8.40. The zero-order valence-corrected chi connectivity index (χ0v) is 14.0. The maximum Gasteiger partial charge on any atom is 0.317 e. The monoisotopic (exact) mass is 330 g/mol. The standard InChI is InChI=1S/C18H22N2O2S/c21-18(20-9-10-22-11-16(20)13-5-6-13)19-8-7-14-12-23-17-4-2-1-3-15(14)17/h1-4,12-13,16H,5-11H2,(H,19,21). The number of carbonyl (C=O) groups excluding carboxylic acids is 1. The molecule has 2 aliphatic rings. The number of hydrogen-bond acceptors (Lipinski definition) is 3. The first-order chi connectivity index (χ1) is 11.3. The summed E-state index contributed by atoms with van der Waals surface area (Å²) in [5, 5.41) is 6.62. The first-order valence-corrected chi connectivity index (χ1v) is 9.28. The molecule has 4 nitrogen and oxygen atoms in total. The van der Waals surface area contributed by atoms with Crippen molar-refractivity contribution < 1.29 is 9.53 Å². The van der Waals surface area contributed by atoms with E-state index in [2.05, 4.69) is 35.0 Å². The van der Waals surface area contributed by atoms with Crippen LogP contribution in [0.4, 0.5) is 4.79 Å². The van der Waals surface area contributed by atoms with Crippen molar-refractivity contribution in [2.45, 2.75) is 25.3 Å². The molecule has 2 fully saturated rings. The van der Waals surface area contributed by atoms with Crippen LogP contribution in [-0.2, 0) is 11.2 Å². The fraction of sp³-hybridized carbons (Fsp3) is 0.500. The number of nitrogens with one attached hydrogen (secondary N) is 1. The molecule has 1 aliphatic heterocycles. The highest BCUT2D eigenvalue weighted by Crippen LogP contribution is 2.36. The lowest BCUT2D eigenvalue weighted by atomic mass is 10.1. The molecule has 2 heterocycles. The van der Waals surface area contributed by atoms with Crippen molar-refractivity contribution in [3.8, 4) is 0 Å². The van der Waals surface area contributed by atoms with Crippen LogP contribution in [0.5, 0.6) is 0 Å². The molecule has 0 radical (unpaired) electrons. The topological polar surface area (TPSA) is 41.6 Å². The van der Waals surface area contributed by atoms with Crippen LogP contribution in [0.2, 0.25) is 0 Å². The fourth-order valence-corrected chi connectivity index (χ4v) is 4.38. The van der Waals surface area contributed by atoms with Crippen LogP contribution in [0, 0.1) is 5.92 Å². The Balaban J connectivity index is 1.34. The number of benzene rings is 1. The summed E-state index contributed by atoms with van der Waals surface area (Å²) >= 11 is 1.77. The van der Waals surface area contributed by atoms with Gasteiger partial charge in [-0.2, -0.15) is 0 Å². The molecule has 4 rings (SSSR count). The summed E-state index contributed by atoms with van der Waals surface area (Å²) in [5.74, 6) is 0.655. The lowest BCUT2D eigenvalue weighted by Crippen LogP contribution is -2.53. The average Bonchev–Trinajstić information content (AvgIpc) is 3.36. The fourth-order valence-electron chi connectivity index (χ4n) is 3.38. The third-order valence-corrected chi connectivity index (χ3v) is 5.84. The van der Waals surface area contributed by atoms with Gasteiger partial charge in [0.1, 0.15) is 0 Å². The van der Waals surface area contributed by atoms with E-state index in [1.165, 1.54) is 28.5 Å². The van der Waals surface area contributed by atoms with Gasteiger partial charge >= 0.3 is 6.03 Å². The molecule has 1 aliphatic carbocycles. The summed E-state index contributed by atoms with van der Waals surface area (Å²) < 4.78 is 6.87. The number of ether oxygens (including phenoxy) is 1. The molecule has 1 aromatic heterocycles. The van der Waals surface area contributed by atoms with E-state index in [9.17, 15) is 4.79 Å². The van der Waals surface area contributed by atoms with E-state index < -0.39 is 0 Å². The van der Waals surface area contributed by atoms with Gasteiger partial charge < -0.3 is 15.0 Å². The van der Waals surface area contributed by atoms with Gasteiger partial charge in [0.15, 0.2) is 0 Å². The van der Waals surface area contributed by atoms with Gasteiger partial charge in [-0.1, -0.05) is 18.2 Å². The van der Waals surface area contributed by atoms with Crippen LogP contribution < -0.4 is 5.32 Å². The molecule has 23 heavy (non-hydrogen) atoms. The highest BCUT2D eigenvalue weighted by molar-refractivity contribution is 7.17. The number of amides is 2. The van der Waals surface area contributed by atoms with Crippen molar-refractivity contribution in [1.82, 2.24) is 10.2 Å². The molecule has 1 saturated carbocycles. The van der Waals surface area contributed by atoms with E-state index in [-0.39, 0.29) is 12.1 Å². The predicted molar refractivity (Wildman–Crippen MR) is 93.0 cm³/mol. The van der Waals surface area contributed by atoms with E-state index in [4.69, 9.17) is 4.74 Å². The molecule has 1 aromatic carbocycles. The number of fused-ring (bicyclic) bond motifs is 1. The van der Waals surface area contributed by atoms with Gasteiger partial charge in [-0.15, -0.1) is 11.3 Å². The Morgan fingerprint density at radius 1 is 1.35 bits per heavy atom. The van der Waals surface area contributed by atoms with Gasteiger partial charge in [0.05, 0.1) is 19.3 Å². The molecule has 2 aromatic rings. The number of nitrogens with zero attached hydrogens (tertiary/aromatic N) is 1. The van der Waals surface area contributed by atoms with Crippen molar-refractivity contribution in [2.75, 3.05) is 26.3 Å². The molecular formula is C18H22N2O2S. The van der Waals surface area contributed by atoms with Crippen molar-refractivity contribution in [3.63, 3.8) is 0 Å². The van der Waals surface area contributed by atoms with Crippen LogP contribution in [-0.4, -0.2) is 43.3 Å². The van der Waals surface area contributed by atoms with Crippen LogP contribution in [0.1, 0.15) is 18.4 Å². The summed E-state index contributed by atoms with van der Waals surface area (Å²) in [6.45, 7) is 2.77. The molecule has 0 spiro atoms. The minimum Gasteiger partial charge on any atom is -0.377 e. The van der Waals surface area contributed by atoms with Crippen LogP contribution in [0.15, 0.2) is 29.6 Å². The van der Waals surface area contributed by atoms with E-state index >= 15 is 0 Å². The highest BCUT2D eigenvalue weighted by Gasteiger charge is 2.39. The van der Waals surface area contributed by atoms with Gasteiger partial charge in [0.2, 0.25) is 0 Å². The lowest BCUT2D eigenvalue weighted by molar-refractivity contribution is 0.00477. The Morgan fingerprint density at radius 2 is 2.22 bits per heavy atom. The first kappa shape index (κ1) is 15.0. The van der Waals surface area contributed by atoms with Gasteiger partial charge in [-0.25, -0.2) is 4.79 Å². The summed E-state index contributed by atoms with van der Waals surface area (Å²) in [6, 6.07) is 8.81. The number of rotatable bonds is 4. The van der Waals surface area contributed by atoms with E-state index in [1.807, 2.05) is 4.90 Å². The SMILES string of the molecule is O=C(NCCc1csc2ccccc12)N1CCOCC1C1CC1. The Morgan fingerprint density at radius 3 is 3.09 bits per heavy atom. The number of morpholine rings is 1. The second-order valence-corrected chi connectivity index (χ2v) is 7.32. The Labute approximate surface area is 140 Å². The second-order valence-electron chi connectivity index (χ2n) is 6.41. The molecule has 2 amide bonds. The molecular weight excluding hydrogens is 308 g/mol. The summed E-state index contributed by atoms with van der Waals surface area (Å²) in [7, 11) is 0. The Bertz CT molecular complexity index is 695. The quantitative estimate of drug-likeness (QED) is 0.935. The molecule has 5 heteroatoms. The van der Waals surface area contributed by atoms with Crippen molar-refractivity contribution in [3.05, 3.63) is 35.2 Å². The van der Waals surface area contributed by atoms with Gasteiger partial charge in [0.25, 0.3) is 0 Å². The zero-order valence-electron chi connectivity index (χ0n) is 13.2. The largest absolute Gasteiger partial charge is 0.377 e. The third kappa shape index (κ3) is 3.21. The highest BCUT2D eigenvalue weighted by atomic mass is 32.1. The number of thiophene rings is 1.